The number of nitrogens with one attached hydrogen (secondary N) is 1. The minimum atomic E-state index is -1.50. The Morgan fingerprint density at radius 1 is 1.62 bits per heavy atom. The Hall–Kier alpha value is -1.67. The molecule has 1 aromatic carbocycles. The average Bonchev–Trinajstić information content (AvgIpc) is 2.74. The van der Waals surface area contributed by atoms with Gasteiger partial charge in [-0.25, -0.2) is 10.0 Å². The van der Waals surface area contributed by atoms with Gasteiger partial charge in [0.25, 0.3) is 0 Å². The third kappa shape index (κ3) is 2.01. The van der Waals surface area contributed by atoms with E-state index in [4.69, 9.17) is 9.47 Å². The van der Waals surface area contributed by atoms with E-state index in [1.807, 2.05) is 0 Å². The van der Waals surface area contributed by atoms with E-state index >= 15 is 0 Å². The Morgan fingerprint density at radius 3 is 3.05 bits per heavy atom. The van der Waals surface area contributed by atoms with Crippen LogP contribution in [0.4, 0.5) is 5.69 Å². The summed E-state index contributed by atoms with van der Waals surface area (Å²) in [6.45, 7) is 1.87. The van der Waals surface area contributed by atoms with Crippen LogP contribution in [0, 0.1) is 5.21 Å². The zero-order valence-electron chi connectivity index (χ0n) is 11.6. The summed E-state index contributed by atoms with van der Waals surface area (Å²) < 4.78 is 10.5. The topological polar surface area (TPSA) is 103 Å². The van der Waals surface area contributed by atoms with Crippen LogP contribution in [0.2, 0.25) is 0 Å². The molecule has 21 heavy (non-hydrogen) atoms. The average molecular weight is 295 g/mol. The molecule has 3 N–H and O–H groups in total. The summed E-state index contributed by atoms with van der Waals surface area (Å²) in [5.41, 5.74) is -0.354. The van der Waals surface area contributed by atoms with Crippen molar-refractivity contribution in [3.8, 4) is 5.75 Å². The van der Waals surface area contributed by atoms with Crippen LogP contribution >= 0.6 is 0 Å². The molecule has 0 saturated heterocycles. The molecule has 1 heterocycles. The predicted octanol–water partition coefficient (Wildman–Crippen LogP) is -0.0620. The summed E-state index contributed by atoms with van der Waals surface area (Å²) in [6, 6.07) is 2.95. The monoisotopic (exact) mass is 295 g/mol. The second-order valence-corrected chi connectivity index (χ2v) is 5.30. The third-order valence-corrected chi connectivity index (χ3v) is 4.10. The molecule has 0 aromatic heterocycles. The Bertz CT molecular complexity index is 587. The molecule has 3 rings (SSSR count). The first-order valence-electron chi connectivity index (χ1n) is 6.94. The lowest BCUT2D eigenvalue weighted by Crippen LogP contribution is -2.99. The Morgan fingerprint density at radius 2 is 2.38 bits per heavy atom. The summed E-state index contributed by atoms with van der Waals surface area (Å²) in [5.74, 6) is -0.254. The number of hydrogen-bond donors (Lipinski definition) is 3. The standard InChI is InChI=1S/C14H17NO6/c1-2-20-13(16)12-14(17)7-3-4-8-9(15(18)19)5-6-10(21-12)11(8)14/h5-6,12,15,17-18H,2-4,7H2,1H3. The molecule has 1 aliphatic carbocycles. The van der Waals surface area contributed by atoms with E-state index in [2.05, 4.69) is 0 Å². The van der Waals surface area contributed by atoms with Crippen LogP contribution in [0.1, 0.15) is 30.9 Å². The first-order valence-corrected chi connectivity index (χ1v) is 6.94. The highest BCUT2D eigenvalue weighted by atomic mass is 16.8. The molecule has 0 fully saturated rings. The molecule has 0 radical (unpaired) electrons. The van der Waals surface area contributed by atoms with Crippen molar-refractivity contribution in [2.45, 2.75) is 37.9 Å². The number of carbonyl (C=O) groups excluding carboxylic acids is 1. The smallest absolute Gasteiger partial charge is 0.350 e. The minimum absolute atomic E-state index is 0.153. The predicted molar refractivity (Wildman–Crippen MR) is 70.1 cm³/mol. The van der Waals surface area contributed by atoms with Gasteiger partial charge >= 0.3 is 5.97 Å². The lowest BCUT2D eigenvalue weighted by molar-refractivity contribution is -0.991. The zero-order valence-corrected chi connectivity index (χ0v) is 11.6. The third-order valence-electron chi connectivity index (χ3n) is 4.10. The largest absolute Gasteiger partial charge is 0.595 e. The van der Waals surface area contributed by atoms with Crippen molar-refractivity contribution in [3.05, 3.63) is 28.5 Å². The number of carbonyl (C=O) groups is 1. The van der Waals surface area contributed by atoms with Gasteiger partial charge in [-0.3, -0.25) is 0 Å². The number of quaternary nitrogens is 1. The van der Waals surface area contributed by atoms with Crippen molar-refractivity contribution in [1.82, 2.24) is 0 Å². The molecule has 1 aliphatic heterocycles. The number of aliphatic hydroxyl groups is 1. The molecule has 0 bridgehead atoms. The second-order valence-electron chi connectivity index (χ2n) is 5.30. The van der Waals surface area contributed by atoms with Gasteiger partial charge < -0.3 is 19.8 Å². The summed E-state index contributed by atoms with van der Waals surface area (Å²) >= 11 is 0. The van der Waals surface area contributed by atoms with Crippen LogP contribution in [0.25, 0.3) is 0 Å². The lowest BCUT2D eigenvalue weighted by Gasteiger charge is -2.32. The maximum atomic E-state index is 12.0. The van der Waals surface area contributed by atoms with E-state index in [0.717, 1.165) is 0 Å². The summed E-state index contributed by atoms with van der Waals surface area (Å²) in [5, 5.41) is 30.5. The van der Waals surface area contributed by atoms with E-state index in [-0.39, 0.29) is 12.3 Å². The van der Waals surface area contributed by atoms with Crippen molar-refractivity contribution < 1.29 is 29.8 Å². The Labute approximate surface area is 121 Å². The molecule has 114 valence electrons. The first-order chi connectivity index (χ1) is 9.99. The number of esters is 1. The van der Waals surface area contributed by atoms with E-state index in [1.54, 1.807) is 6.92 Å². The van der Waals surface area contributed by atoms with Crippen LogP contribution in [0.15, 0.2) is 12.1 Å². The molecular weight excluding hydrogens is 278 g/mol. The fourth-order valence-corrected chi connectivity index (χ4v) is 3.27. The number of benzene rings is 1. The molecule has 1 aromatic rings. The molecule has 3 atom stereocenters. The maximum Gasteiger partial charge on any atom is 0.350 e. The van der Waals surface area contributed by atoms with Gasteiger partial charge in [0.2, 0.25) is 6.10 Å². The minimum Gasteiger partial charge on any atom is -0.595 e. The van der Waals surface area contributed by atoms with E-state index in [0.29, 0.717) is 36.1 Å². The van der Waals surface area contributed by atoms with Gasteiger partial charge in [-0.05, 0) is 32.3 Å². The van der Waals surface area contributed by atoms with Crippen LogP contribution in [0.5, 0.6) is 5.75 Å². The molecule has 2 aliphatic rings. The summed E-state index contributed by atoms with van der Waals surface area (Å²) in [7, 11) is 0. The molecule has 3 unspecified atom stereocenters. The molecule has 7 heteroatoms. The van der Waals surface area contributed by atoms with Crippen molar-refractivity contribution in [2.75, 3.05) is 6.61 Å². The normalized spacial score (nSPS) is 27.7. The highest BCUT2D eigenvalue weighted by Gasteiger charge is 2.55. The molecule has 0 saturated carbocycles. The number of hydrogen-bond acceptors (Lipinski definition) is 6. The molecular formula is C14H17NO6. The molecule has 7 nitrogen and oxygen atoms in total. The van der Waals surface area contributed by atoms with E-state index < -0.39 is 22.9 Å². The van der Waals surface area contributed by atoms with Gasteiger partial charge in [0.15, 0.2) is 5.69 Å². The Kier molecular flexibility index (Phi) is 3.37. The molecule has 0 spiro atoms. The van der Waals surface area contributed by atoms with Crippen molar-refractivity contribution >= 4 is 11.7 Å². The SMILES string of the molecule is CCOC(=O)C1Oc2ccc([NH+]([O-])O)c3c2C1(O)CCC3. The zero-order chi connectivity index (χ0) is 15.2. The van der Waals surface area contributed by atoms with Crippen LogP contribution in [-0.2, 0) is 21.6 Å². The first kappa shape index (κ1) is 14.3. The van der Waals surface area contributed by atoms with Gasteiger partial charge in [0.1, 0.15) is 11.4 Å². The van der Waals surface area contributed by atoms with Crippen molar-refractivity contribution in [1.29, 1.82) is 0 Å². The highest BCUT2D eigenvalue weighted by molar-refractivity contribution is 5.80. The van der Waals surface area contributed by atoms with Gasteiger partial charge in [-0.15, -0.1) is 0 Å². The van der Waals surface area contributed by atoms with Gasteiger partial charge in [-0.1, -0.05) is 0 Å². The second kappa shape index (κ2) is 4.96. The van der Waals surface area contributed by atoms with Crippen LogP contribution < -0.4 is 9.96 Å². The van der Waals surface area contributed by atoms with Crippen molar-refractivity contribution in [3.63, 3.8) is 0 Å². The van der Waals surface area contributed by atoms with Crippen molar-refractivity contribution in [2.24, 2.45) is 0 Å². The van der Waals surface area contributed by atoms with E-state index in [9.17, 15) is 20.3 Å². The van der Waals surface area contributed by atoms with Crippen LogP contribution in [0.3, 0.4) is 0 Å². The number of rotatable bonds is 3. The fraction of sp³-hybridized carbons (Fsp3) is 0.500. The van der Waals surface area contributed by atoms with Gasteiger partial charge in [0, 0.05) is 17.2 Å². The number of ether oxygens (including phenoxy) is 2. The van der Waals surface area contributed by atoms with E-state index in [1.165, 1.54) is 12.1 Å². The van der Waals surface area contributed by atoms with Gasteiger partial charge in [0.05, 0.1) is 6.61 Å². The maximum absolute atomic E-state index is 12.0. The molecule has 0 amide bonds. The Balaban J connectivity index is 2.10. The highest BCUT2D eigenvalue weighted by Crippen LogP contribution is 2.50. The van der Waals surface area contributed by atoms with Gasteiger partial charge in [-0.2, -0.15) is 5.23 Å². The quantitative estimate of drug-likeness (QED) is 0.533. The lowest BCUT2D eigenvalue weighted by atomic mass is 9.76. The summed E-state index contributed by atoms with van der Waals surface area (Å²) in [4.78, 5) is 12.0. The van der Waals surface area contributed by atoms with Crippen LogP contribution in [-0.4, -0.2) is 29.0 Å². The summed E-state index contributed by atoms with van der Waals surface area (Å²) in [6.07, 6.45) is 0.355. The fourth-order valence-electron chi connectivity index (χ4n) is 3.27.